The largest absolute Gasteiger partial charge is 0.390 e. The summed E-state index contributed by atoms with van der Waals surface area (Å²) in [5.74, 6) is 2.39. The molecule has 0 heterocycles. The van der Waals surface area contributed by atoms with Crippen molar-refractivity contribution in [3.05, 3.63) is 12.2 Å². The summed E-state index contributed by atoms with van der Waals surface area (Å²) in [5, 5.41) is 21.6. The molecule has 3 saturated carbocycles. The lowest BCUT2D eigenvalue weighted by atomic mass is 9.49. The lowest BCUT2D eigenvalue weighted by Gasteiger charge is -2.58. The van der Waals surface area contributed by atoms with Crippen molar-refractivity contribution < 1.29 is 10.2 Å². The maximum Gasteiger partial charge on any atom is 0.0973 e. The number of rotatable bonds is 0. The van der Waals surface area contributed by atoms with Gasteiger partial charge in [0.25, 0.3) is 0 Å². The van der Waals surface area contributed by atoms with Crippen LogP contribution in [-0.4, -0.2) is 21.9 Å². The van der Waals surface area contributed by atoms with Gasteiger partial charge in [0.1, 0.15) is 0 Å². The fraction of sp³-hybridized carbons (Fsp3) is 0.889. The molecule has 0 spiro atoms. The zero-order chi connectivity index (χ0) is 14.0. The minimum Gasteiger partial charge on any atom is -0.390 e. The molecule has 0 aliphatic heterocycles. The van der Waals surface area contributed by atoms with E-state index in [2.05, 4.69) is 19.1 Å². The van der Waals surface area contributed by atoms with E-state index in [-0.39, 0.29) is 0 Å². The summed E-state index contributed by atoms with van der Waals surface area (Å²) in [7, 11) is 0. The van der Waals surface area contributed by atoms with Gasteiger partial charge in [0.15, 0.2) is 0 Å². The summed E-state index contributed by atoms with van der Waals surface area (Å²) < 4.78 is 0. The van der Waals surface area contributed by atoms with E-state index in [0.717, 1.165) is 18.8 Å². The Morgan fingerprint density at radius 2 is 1.90 bits per heavy atom. The summed E-state index contributed by atoms with van der Waals surface area (Å²) in [4.78, 5) is 0. The van der Waals surface area contributed by atoms with Crippen LogP contribution in [0.1, 0.15) is 58.3 Å². The summed E-state index contributed by atoms with van der Waals surface area (Å²) in [6.07, 6.45) is 13.0. The molecule has 4 aliphatic carbocycles. The first-order chi connectivity index (χ1) is 9.55. The zero-order valence-electron chi connectivity index (χ0n) is 12.6. The highest BCUT2D eigenvalue weighted by Gasteiger charge is 2.59. The molecule has 0 radical (unpaired) electrons. The molecule has 0 aromatic rings. The summed E-state index contributed by atoms with van der Waals surface area (Å²) in [6, 6.07) is 0. The molecular formula is C18H28O2. The van der Waals surface area contributed by atoms with Crippen LogP contribution in [0.15, 0.2) is 12.2 Å². The Morgan fingerprint density at radius 1 is 1.05 bits per heavy atom. The number of aliphatic hydroxyl groups excluding tert-OH is 1. The van der Waals surface area contributed by atoms with Crippen LogP contribution < -0.4 is 0 Å². The summed E-state index contributed by atoms with van der Waals surface area (Å²) in [6.45, 7) is 2.48. The number of hydrogen-bond donors (Lipinski definition) is 2. The fourth-order valence-electron chi connectivity index (χ4n) is 6.41. The standard InChI is InChI=1S/C18H28O2/c1-17-8-4-6-14(17)13-11-16(19)18(20)9-3-2-5-15(18)12(13)7-10-17/h2-3,12-16,19-20H,4-11H2,1H3/t12-,13+,14-,15+,16?,17-,18?/m0/s1. The van der Waals surface area contributed by atoms with E-state index in [1.165, 1.54) is 32.1 Å². The smallest absolute Gasteiger partial charge is 0.0973 e. The third-order valence-corrected chi connectivity index (χ3v) is 7.51. The fourth-order valence-corrected chi connectivity index (χ4v) is 6.41. The van der Waals surface area contributed by atoms with E-state index in [1.807, 2.05) is 0 Å². The van der Waals surface area contributed by atoms with Gasteiger partial charge in [0.2, 0.25) is 0 Å². The number of hydrogen-bond acceptors (Lipinski definition) is 2. The number of allylic oxidation sites excluding steroid dienone is 1. The van der Waals surface area contributed by atoms with Gasteiger partial charge in [-0.25, -0.2) is 0 Å². The van der Waals surface area contributed by atoms with Crippen LogP contribution in [0.25, 0.3) is 0 Å². The van der Waals surface area contributed by atoms with Crippen molar-refractivity contribution in [1.82, 2.24) is 0 Å². The van der Waals surface area contributed by atoms with E-state index in [1.54, 1.807) is 0 Å². The highest BCUT2D eigenvalue weighted by atomic mass is 16.3. The third kappa shape index (κ3) is 1.64. The van der Waals surface area contributed by atoms with Crippen molar-refractivity contribution in [3.8, 4) is 0 Å². The molecular weight excluding hydrogens is 248 g/mol. The van der Waals surface area contributed by atoms with Gasteiger partial charge in [0.05, 0.1) is 11.7 Å². The van der Waals surface area contributed by atoms with Gasteiger partial charge in [-0.15, -0.1) is 0 Å². The normalized spacial score (nSPS) is 57.9. The number of fused-ring (bicyclic) bond motifs is 5. The maximum atomic E-state index is 11.0. The van der Waals surface area contributed by atoms with Gasteiger partial charge < -0.3 is 10.2 Å². The third-order valence-electron chi connectivity index (χ3n) is 7.51. The second-order valence-electron chi connectivity index (χ2n) is 8.28. The summed E-state index contributed by atoms with van der Waals surface area (Å²) in [5.41, 5.74) is -0.302. The molecule has 0 saturated heterocycles. The summed E-state index contributed by atoms with van der Waals surface area (Å²) >= 11 is 0. The molecule has 7 atom stereocenters. The first-order valence-electron chi connectivity index (χ1n) is 8.60. The average Bonchev–Trinajstić information content (AvgIpc) is 2.82. The molecule has 0 amide bonds. The minimum atomic E-state index is -0.831. The molecule has 0 aromatic carbocycles. The molecule has 0 aromatic heterocycles. The predicted molar refractivity (Wildman–Crippen MR) is 79.1 cm³/mol. The first kappa shape index (κ1) is 13.3. The molecule has 2 heteroatoms. The van der Waals surface area contributed by atoms with Crippen LogP contribution in [0, 0.1) is 29.1 Å². The first-order valence-corrected chi connectivity index (χ1v) is 8.60. The Balaban J connectivity index is 1.68. The topological polar surface area (TPSA) is 40.5 Å². The van der Waals surface area contributed by atoms with E-state index in [9.17, 15) is 10.2 Å². The van der Waals surface area contributed by atoms with Gasteiger partial charge in [-0.05, 0) is 74.0 Å². The van der Waals surface area contributed by atoms with Crippen molar-refractivity contribution in [3.63, 3.8) is 0 Å². The van der Waals surface area contributed by atoms with Crippen LogP contribution in [0.2, 0.25) is 0 Å². The molecule has 2 nitrogen and oxygen atoms in total. The minimum absolute atomic E-state index is 0.298. The Labute approximate surface area is 122 Å². The maximum absolute atomic E-state index is 11.0. The van der Waals surface area contributed by atoms with Crippen LogP contribution >= 0.6 is 0 Å². The van der Waals surface area contributed by atoms with Gasteiger partial charge in [0, 0.05) is 0 Å². The molecule has 4 rings (SSSR count). The predicted octanol–water partition coefficient (Wildman–Crippen LogP) is 3.28. The quantitative estimate of drug-likeness (QED) is 0.667. The Hall–Kier alpha value is -0.340. The Bertz CT molecular complexity index is 431. The van der Waals surface area contributed by atoms with E-state index < -0.39 is 11.7 Å². The average molecular weight is 276 g/mol. The van der Waals surface area contributed by atoms with Gasteiger partial charge in [-0.3, -0.25) is 0 Å². The molecule has 0 bridgehead atoms. The lowest BCUT2D eigenvalue weighted by molar-refractivity contribution is -0.193. The Kier molecular flexibility index (Phi) is 2.89. The van der Waals surface area contributed by atoms with Crippen molar-refractivity contribution in [2.45, 2.75) is 70.0 Å². The molecule has 4 aliphatic rings. The van der Waals surface area contributed by atoms with E-state index in [4.69, 9.17) is 0 Å². The van der Waals surface area contributed by atoms with Crippen LogP contribution in [0.5, 0.6) is 0 Å². The van der Waals surface area contributed by atoms with Gasteiger partial charge in [-0.1, -0.05) is 25.5 Å². The molecule has 20 heavy (non-hydrogen) atoms. The van der Waals surface area contributed by atoms with Crippen molar-refractivity contribution in [2.24, 2.45) is 29.1 Å². The Morgan fingerprint density at radius 3 is 2.75 bits per heavy atom. The van der Waals surface area contributed by atoms with Crippen molar-refractivity contribution >= 4 is 0 Å². The second kappa shape index (κ2) is 4.33. The van der Waals surface area contributed by atoms with Crippen LogP contribution in [0.3, 0.4) is 0 Å². The van der Waals surface area contributed by atoms with E-state index in [0.29, 0.717) is 29.6 Å². The highest BCUT2D eigenvalue weighted by molar-refractivity contribution is 5.14. The monoisotopic (exact) mass is 276 g/mol. The van der Waals surface area contributed by atoms with Crippen LogP contribution in [0.4, 0.5) is 0 Å². The highest BCUT2D eigenvalue weighted by Crippen LogP contribution is 2.62. The van der Waals surface area contributed by atoms with Crippen molar-refractivity contribution in [2.75, 3.05) is 0 Å². The molecule has 3 fully saturated rings. The lowest BCUT2D eigenvalue weighted by Crippen LogP contribution is -2.60. The van der Waals surface area contributed by atoms with Gasteiger partial charge >= 0.3 is 0 Å². The molecule has 112 valence electrons. The van der Waals surface area contributed by atoms with Gasteiger partial charge in [-0.2, -0.15) is 0 Å². The molecule has 2 unspecified atom stereocenters. The van der Waals surface area contributed by atoms with E-state index >= 15 is 0 Å². The van der Waals surface area contributed by atoms with Crippen LogP contribution in [-0.2, 0) is 0 Å². The second-order valence-corrected chi connectivity index (χ2v) is 8.28. The SMILES string of the molecule is C[C@@]12CCC[C@H]1[C@@H]1CC(O)C3(O)CC=CC[C@@H]3[C@H]1CC2. The molecule has 2 N–H and O–H groups in total. The zero-order valence-corrected chi connectivity index (χ0v) is 12.6. The number of aliphatic hydroxyl groups is 2. The van der Waals surface area contributed by atoms with Crippen molar-refractivity contribution in [1.29, 1.82) is 0 Å².